The monoisotopic (exact) mass is 294 g/mol. The van der Waals surface area contributed by atoms with Crippen LogP contribution in [0.25, 0.3) is 0 Å². The van der Waals surface area contributed by atoms with E-state index in [0.29, 0.717) is 18.5 Å². The lowest BCUT2D eigenvalue weighted by molar-refractivity contribution is -0.114. The molecule has 0 spiro atoms. The van der Waals surface area contributed by atoms with Crippen LogP contribution in [0.15, 0.2) is 18.2 Å². The number of halogens is 1. The number of carbonyl (C=O) groups excluding carboxylic acids is 2. The molecule has 5 nitrogen and oxygen atoms in total. The summed E-state index contributed by atoms with van der Waals surface area (Å²) < 4.78 is 13.8. The number of nitrogens with one attached hydrogen (secondary N) is 2. The molecule has 21 heavy (non-hydrogen) atoms. The topological polar surface area (TPSA) is 78.4 Å². The Morgan fingerprint density at radius 2 is 2.00 bits per heavy atom. The molecular weight excluding hydrogens is 275 g/mol. The van der Waals surface area contributed by atoms with E-state index in [-0.39, 0.29) is 18.1 Å². The fourth-order valence-corrected chi connectivity index (χ4v) is 2.66. The molecule has 0 bridgehead atoms. The van der Waals surface area contributed by atoms with E-state index in [1.54, 1.807) is 0 Å². The van der Waals surface area contributed by atoms with Gasteiger partial charge in [-0.05, 0) is 31.0 Å². The predicted molar refractivity (Wildman–Crippen MR) is 76.5 cm³/mol. The molecular formula is C15H19FN2O3. The summed E-state index contributed by atoms with van der Waals surface area (Å²) in [6.45, 7) is 1.17. The molecule has 1 aliphatic rings. The van der Waals surface area contributed by atoms with Crippen molar-refractivity contribution in [2.75, 3.05) is 11.9 Å². The highest BCUT2D eigenvalue weighted by Gasteiger charge is 2.35. The fourth-order valence-electron chi connectivity index (χ4n) is 2.66. The standard InChI is InChI=1S/C15H19FN2O3/c1-10(20)17-11-4-5-13(16)12(8-11)14(21)18-15(9-19)6-2-3-7-15/h4-5,8,19H,2-3,6-7,9H2,1H3,(H,17,20)(H,18,21). The van der Waals surface area contributed by atoms with Crippen LogP contribution in [0.1, 0.15) is 43.0 Å². The lowest BCUT2D eigenvalue weighted by atomic mass is 9.98. The van der Waals surface area contributed by atoms with Gasteiger partial charge in [-0.25, -0.2) is 4.39 Å². The van der Waals surface area contributed by atoms with Gasteiger partial charge in [0.15, 0.2) is 0 Å². The molecule has 0 aliphatic heterocycles. The predicted octanol–water partition coefficient (Wildman–Crippen LogP) is 1.82. The van der Waals surface area contributed by atoms with Gasteiger partial charge in [0.1, 0.15) is 5.82 Å². The van der Waals surface area contributed by atoms with Crippen molar-refractivity contribution in [3.8, 4) is 0 Å². The molecule has 0 heterocycles. The van der Waals surface area contributed by atoms with Gasteiger partial charge in [0.2, 0.25) is 5.91 Å². The zero-order chi connectivity index (χ0) is 15.5. The lowest BCUT2D eigenvalue weighted by Gasteiger charge is -2.28. The molecule has 1 aromatic rings. The number of aliphatic hydroxyl groups excluding tert-OH is 1. The van der Waals surface area contributed by atoms with Crippen molar-refractivity contribution in [1.82, 2.24) is 5.32 Å². The minimum atomic E-state index is -0.660. The van der Waals surface area contributed by atoms with E-state index < -0.39 is 17.3 Å². The highest BCUT2D eigenvalue weighted by atomic mass is 19.1. The summed E-state index contributed by atoms with van der Waals surface area (Å²) in [6.07, 6.45) is 3.22. The van der Waals surface area contributed by atoms with Gasteiger partial charge in [-0.15, -0.1) is 0 Å². The number of hydrogen-bond acceptors (Lipinski definition) is 3. The molecule has 1 saturated carbocycles. The van der Waals surface area contributed by atoms with Crippen LogP contribution >= 0.6 is 0 Å². The van der Waals surface area contributed by atoms with Gasteiger partial charge < -0.3 is 15.7 Å². The van der Waals surface area contributed by atoms with E-state index in [0.717, 1.165) is 18.9 Å². The van der Waals surface area contributed by atoms with Gasteiger partial charge in [0.05, 0.1) is 17.7 Å². The van der Waals surface area contributed by atoms with E-state index >= 15 is 0 Å². The summed E-state index contributed by atoms with van der Waals surface area (Å²) in [4.78, 5) is 23.3. The molecule has 0 unspecified atom stereocenters. The highest BCUT2D eigenvalue weighted by molar-refractivity contribution is 5.97. The van der Waals surface area contributed by atoms with Gasteiger partial charge in [-0.3, -0.25) is 9.59 Å². The molecule has 2 rings (SSSR count). The molecule has 114 valence electrons. The van der Waals surface area contributed by atoms with E-state index in [2.05, 4.69) is 10.6 Å². The third-order valence-electron chi connectivity index (χ3n) is 3.77. The van der Waals surface area contributed by atoms with Crippen LogP contribution in [0.5, 0.6) is 0 Å². The molecule has 6 heteroatoms. The molecule has 0 atom stereocenters. The second-order valence-corrected chi connectivity index (χ2v) is 5.48. The molecule has 2 amide bonds. The Bertz CT molecular complexity index is 554. The van der Waals surface area contributed by atoms with Crippen LogP contribution in [0.2, 0.25) is 0 Å². The summed E-state index contributed by atoms with van der Waals surface area (Å²) in [5, 5.41) is 14.7. The Labute approximate surface area is 122 Å². The molecule has 1 aliphatic carbocycles. The summed E-state index contributed by atoms with van der Waals surface area (Å²) in [7, 11) is 0. The van der Waals surface area contributed by atoms with Gasteiger partial charge in [-0.1, -0.05) is 12.8 Å². The first-order valence-electron chi connectivity index (χ1n) is 6.96. The summed E-state index contributed by atoms with van der Waals surface area (Å²) in [5.74, 6) is -1.53. The first kappa shape index (κ1) is 15.4. The van der Waals surface area contributed by atoms with E-state index in [1.807, 2.05) is 0 Å². The second kappa shape index (κ2) is 6.22. The van der Waals surface area contributed by atoms with Crippen molar-refractivity contribution >= 4 is 17.5 Å². The van der Waals surface area contributed by atoms with Crippen LogP contribution in [-0.2, 0) is 4.79 Å². The number of rotatable bonds is 4. The Morgan fingerprint density at radius 3 is 2.57 bits per heavy atom. The maximum absolute atomic E-state index is 13.8. The first-order chi connectivity index (χ1) is 9.96. The van der Waals surface area contributed by atoms with Crippen molar-refractivity contribution in [3.63, 3.8) is 0 Å². The number of hydrogen-bond donors (Lipinski definition) is 3. The average molecular weight is 294 g/mol. The fraction of sp³-hybridized carbons (Fsp3) is 0.467. The van der Waals surface area contributed by atoms with E-state index in [4.69, 9.17) is 0 Å². The Morgan fingerprint density at radius 1 is 1.33 bits per heavy atom. The summed E-state index contributed by atoms with van der Waals surface area (Å²) in [5.41, 5.74) is -0.437. The minimum Gasteiger partial charge on any atom is -0.394 e. The van der Waals surface area contributed by atoms with Gasteiger partial charge in [0, 0.05) is 12.6 Å². The maximum atomic E-state index is 13.8. The van der Waals surface area contributed by atoms with Crippen molar-refractivity contribution in [1.29, 1.82) is 0 Å². The largest absolute Gasteiger partial charge is 0.394 e. The Kier molecular flexibility index (Phi) is 4.57. The van der Waals surface area contributed by atoms with Gasteiger partial charge >= 0.3 is 0 Å². The minimum absolute atomic E-state index is 0.138. The normalized spacial score (nSPS) is 16.5. The molecule has 0 saturated heterocycles. The number of amides is 2. The Hall–Kier alpha value is -1.95. The third kappa shape index (κ3) is 3.58. The SMILES string of the molecule is CC(=O)Nc1ccc(F)c(C(=O)NC2(CO)CCCC2)c1. The van der Waals surface area contributed by atoms with Crippen molar-refractivity contribution in [2.24, 2.45) is 0 Å². The first-order valence-corrected chi connectivity index (χ1v) is 6.96. The van der Waals surface area contributed by atoms with E-state index in [1.165, 1.54) is 19.1 Å². The summed E-state index contributed by atoms with van der Waals surface area (Å²) >= 11 is 0. The van der Waals surface area contributed by atoms with Crippen LogP contribution < -0.4 is 10.6 Å². The molecule has 1 aromatic carbocycles. The van der Waals surface area contributed by atoms with Gasteiger partial charge in [-0.2, -0.15) is 0 Å². The molecule has 3 N–H and O–H groups in total. The zero-order valence-corrected chi connectivity index (χ0v) is 11.9. The van der Waals surface area contributed by atoms with E-state index in [9.17, 15) is 19.1 Å². The van der Waals surface area contributed by atoms with Crippen molar-refractivity contribution in [3.05, 3.63) is 29.6 Å². The number of benzene rings is 1. The average Bonchev–Trinajstić information content (AvgIpc) is 2.89. The third-order valence-corrected chi connectivity index (χ3v) is 3.77. The smallest absolute Gasteiger partial charge is 0.254 e. The molecule has 0 radical (unpaired) electrons. The Balaban J connectivity index is 2.20. The van der Waals surface area contributed by atoms with Crippen LogP contribution in [0.3, 0.4) is 0 Å². The van der Waals surface area contributed by atoms with Crippen LogP contribution in [0, 0.1) is 5.82 Å². The number of carbonyl (C=O) groups is 2. The van der Waals surface area contributed by atoms with Crippen molar-refractivity contribution in [2.45, 2.75) is 38.1 Å². The zero-order valence-electron chi connectivity index (χ0n) is 11.9. The molecule has 1 fully saturated rings. The maximum Gasteiger partial charge on any atom is 0.254 e. The van der Waals surface area contributed by atoms with Gasteiger partial charge in [0.25, 0.3) is 5.91 Å². The number of aliphatic hydroxyl groups is 1. The highest BCUT2D eigenvalue weighted by Crippen LogP contribution is 2.29. The van der Waals surface area contributed by atoms with Crippen LogP contribution in [-0.4, -0.2) is 29.1 Å². The molecule has 0 aromatic heterocycles. The lowest BCUT2D eigenvalue weighted by Crippen LogP contribution is -2.49. The number of anilines is 1. The van der Waals surface area contributed by atoms with Crippen molar-refractivity contribution < 1.29 is 19.1 Å². The quantitative estimate of drug-likeness (QED) is 0.792. The van der Waals surface area contributed by atoms with Crippen LogP contribution in [0.4, 0.5) is 10.1 Å². The summed E-state index contributed by atoms with van der Waals surface area (Å²) in [6, 6.07) is 3.83. The second-order valence-electron chi connectivity index (χ2n) is 5.48.